The van der Waals surface area contributed by atoms with Gasteiger partial charge in [-0.05, 0) is 36.4 Å². The lowest BCUT2D eigenvalue weighted by atomic mass is 10.3. The number of rotatable bonds is 4. The maximum atomic E-state index is 13.1. The van der Waals surface area contributed by atoms with Crippen molar-refractivity contribution in [1.82, 2.24) is 0 Å². The number of allylic oxidation sites excluding steroid dienone is 1. The highest BCUT2D eigenvalue weighted by Crippen LogP contribution is 2.21. The number of anilines is 1. The molecule has 23 heavy (non-hydrogen) atoms. The van der Waals surface area contributed by atoms with Gasteiger partial charge in [-0.15, -0.1) is 0 Å². The molecule has 0 aliphatic heterocycles. The predicted molar refractivity (Wildman–Crippen MR) is 82.3 cm³/mol. The van der Waals surface area contributed by atoms with Gasteiger partial charge < -0.3 is 5.32 Å². The summed E-state index contributed by atoms with van der Waals surface area (Å²) in [5, 5.41) is 11.9. The third kappa shape index (κ3) is 3.86. The van der Waals surface area contributed by atoms with Crippen molar-refractivity contribution in [3.8, 4) is 6.07 Å². The van der Waals surface area contributed by atoms with E-state index in [0.29, 0.717) is 5.02 Å². The van der Waals surface area contributed by atoms with E-state index in [9.17, 15) is 17.2 Å². The Morgan fingerprint density at radius 2 is 1.78 bits per heavy atom. The molecule has 0 bridgehead atoms. The average Bonchev–Trinajstić information content (AvgIpc) is 2.51. The summed E-state index contributed by atoms with van der Waals surface area (Å²) in [6.45, 7) is 0. The number of nitrogens with zero attached hydrogens (tertiary/aromatic N) is 1. The largest absolute Gasteiger partial charge is 0.360 e. The minimum absolute atomic E-state index is 0.1000. The van der Waals surface area contributed by atoms with E-state index in [1.54, 1.807) is 6.07 Å². The lowest BCUT2D eigenvalue weighted by molar-refractivity contribution is 0.509. The molecular weight excluding hydrogens is 346 g/mol. The highest BCUT2D eigenvalue weighted by Gasteiger charge is 2.20. The van der Waals surface area contributed by atoms with Gasteiger partial charge in [0.15, 0.2) is 16.5 Å². The van der Waals surface area contributed by atoms with Gasteiger partial charge in [0, 0.05) is 23.0 Å². The fourth-order valence-corrected chi connectivity index (χ4v) is 2.85. The molecule has 8 heteroatoms. The second kappa shape index (κ2) is 6.77. The molecule has 0 aliphatic rings. The van der Waals surface area contributed by atoms with Crippen LogP contribution in [0.25, 0.3) is 0 Å². The molecule has 0 spiro atoms. The number of hydrogen-bond donors (Lipinski definition) is 1. The van der Waals surface area contributed by atoms with Gasteiger partial charge >= 0.3 is 0 Å². The van der Waals surface area contributed by atoms with Crippen LogP contribution in [0.5, 0.6) is 0 Å². The van der Waals surface area contributed by atoms with Gasteiger partial charge in [0.25, 0.3) is 0 Å². The fourth-order valence-electron chi connectivity index (χ4n) is 1.65. The number of benzene rings is 2. The molecule has 0 saturated carbocycles. The van der Waals surface area contributed by atoms with Crippen LogP contribution in [0.1, 0.15) is 0 Å². The smallest absolute Gasteiger partial charge is 0.218 e. The summed E-state index contributed by atoms with van der Waals surface area (Å²) in [4.78, 5) is -0.689. The van der Waals surface area contributed by atoms with E-state index < -0.39 is 26.4 Å². The highest BCUT2D eigenvalue weighted by atomic mass is 35.5. The lowest BCUT2D eigenvalue weighted by Crippen LogP contribution is -2.05. The Labute approximate surface area is 136 Å². The molecule has 2 rings (SSSR count). The minimum atomic E-state index is -4.05. The van der Waals surface area contributed by atoms with Gasteiger partial charge in [-0.2, -0.15) is 5.26 Å². The van der Waals surface area contributed by atoms with Crippen molar-refractivity contribution >= 4 is 27.1 Å². The molecule has 0 aromatic heterocycles. The van der Waals surface area contributed by atoms with Crippen LogP contribution in [0.2, 0.25) is 5.02 Å². The van der Waals surface area contributed by atoms with E-state index in [2.05, 4.69) is 5.32 Å². The third-order valence-corrected chi connectivity index (χ3v) is 4.75. The number of nitriles is 1. The Morgan fingerprint density at radius 1 is 1.13 bits per heavy atom. The molecule has 2 aromatic rings. The van der Waals surface area contributed by atoms with Gasteiger partial charge in [-0.25, -0.2) is 17.2 Å². The van der Waals surface area contributed by atoms with Crippen LogP contribution in [-0.2, 0) is 9.84 Å². The van der Waals surface area contributed by atoms with Crippen LogP contribution >= 0.6 is 11.6 Å². The van der Waals surface area contributed by atoms with E-state index in [-0.39, 0.29) is 10.6 Å². The van der Waals surface area contributed by atoms with Crippen molar-refractivity contribution in [3.05, 3.63) is 70.2 Å². The van der Waals surface area contributed by atoms with Gasteiger partial charge in [0.05, 0.1) is 4.90 Å². The lowest BCUT2D eigenvalue weighted by Gasteiger charge is -2.05. The van der Waals surface area contributed by atoms with E-state index in [4.69, 9.17) is 16.9 Å². The topological polar surface area (TPSA) is 70.0 Å². The summed E-state index contributed by atoms with van der Waals surface area (Å²) in [5.74, 6) is -2.13. The van der Waals surface area contributed by atoms with E-state index >= 15 is 0 Å². The first-order valence-corrected chi connectivity index (χ1v) is 8.03. The maximum Gasteiger partial charge on any atom is 0.218 e. The fraction of sp³-hybridized carbons (Fsp3) is 0. The summed E-state index contributed by atoms with van der Waals surface area (Å²) in [6, 6.07) is 9.78. The van der Waals surface area contributed by atoms with Crippen molar-refractivity contribution in [3.63, 3.8) is 0 Å². The van der Waals surface area contributed by atoms with Crippen molar-refractivity contribution in [2.45, 2.75) is 4.90 Å². The summed E-state index contributed by atoms with van der Waals surface area (Å²) in [5.41, 5.74) is 0.1000. The van der Waals surface area contributed by atoms with Crippen molar-refractivity contribution in [1.29, 1.82) is 5.26 Å². The van der Waals surface area contributed by atoms with Crippen molar-refractivity contribution in [2.75, 3.05) is 5.32 Å². The first-order valence-electron chi connectivity index (χ1n) is 6.17. The number of hydrogen-bond acceptors (Lipinski definition) is 4. The molecule has 0 saturated heterocycles. The molecule has 0 atom stereocenters. The summed E-state index contributed by atoms with van der Waals surface area (Å²) in [6.07, 6.45) is 0.913. The molecule has 0 amide bonds. The van der Waals surface area contributed by atoms with Crippen LogP contribution in [0.3, 0.4) is 0 Å². The Kier molecular flexibility index (Phi) is 4.98. The second-order valence-corrected chi connectivity index (χ2v) is 6.71. The number of sulfone groups is 1. The first-order chi connectivity index (χ1) is 10.8. The molecule has 0 radical (unpaired) electrons. The highest BCUT2D eigenvalue weighted by molar-refractivity contribution is 7.95. The van der Waals surface area contributed by atoms with E-state index in [1.807, 2.05) is 0 Å². The van der Waals surface area contributed by atoms with Crippen molar-refractivity contribution in [2.24, 2.45) is 0 Å². The average molecular weight is 355 g/mol. The second-order valence-electron chi connectivity index (χ2n) is 4.35. The van der Waals surface area contributed by atoms with Gasteiger partial charge in [0.1, 0.15) is 6.07 Å². The van der Waals surface area contributed by atoms with Crippen LogP contribution in [0, 0.1) is 23.0 Å². The monoisotopic (exact) mass is 354 g/mol. The molecule has 0 fully saturated rings. The zero-order chi connectivity index (χ0) is 17.0. The Morgan fingerprint density at radius 3 is 2.35 bits per heavy atom. The van der Waals surface area contributed by atoms with Gasteiger partial charge in [-0.1, -0.05) is 11.6 Å². The third-order valence-electron chi connectivity index (χ3n) is 2.81. The van der Waals surface area contributed by atoms with Crippen LogP contribution in [0.4, 0.5) is 14.5 Å². The van der Waals surface area contributed by atoms with E-state index in [1.165, 1.54) is 30.3 Å². The normalized spacial score (nSPS) is 11.8. The summed E-state index contributed by atoms with van der Waals surface area (Å²) < 4.78 is 50.5. The molecule has 0 heterocycles. The van der Waals surface area contributed by atoms with Crippen molar-refractivity contribution < 1.29 is 17.2 Å². The number of nitrogens with one attached hydrogen (secondary N) is 1. The van der Waals surface area contributed by atoms with Gasteiger partial charge in [0.2, 0.25) is 9.84 Å². The number of halogens is 3. The minimum Gasteiger partial charge on any atom is -0.360 e. The summed E-state index contributed by atoms with van der Waals surface area (Å²) >= 11 is 5.69. The molecule has 1 N–H and O–H groups in total. The molecular formula is C15H9ClF2N2O2S. The molecule has 2 aromatic carbocycles. The SMILES string of the molecule is N#C/C(=C\Nc1ccc(F)c(F)c1)S(=O)(=O)c1ccc(Cl)cc1. The van der Waals surface area contributed by atoms with E-state index in [0.717, 1.165) is 18.3 Å². The Bertz CT molecular complexity index is 904. The van der Waals surface area contributed by atoms with Crippen LogP contribution in [-0.4, -0.2) is 8.42 Å². The van der Waals surface area contributed by atoms with Crippen LogP contribution < -0.4 is 5.32 Å². The molecule has 118 valence electrons. The zero-order valence-corrected chi connectivity index (χ0v) is 13.0. The summed E-state index contributed by atoms with van der Waals surface area (Å²) in [7, 11) is -4.05. The predicted octanol–water partition coefficient (Wildman–Crippen LogP) is 3.87. The Balaban J connectivity index is 2.32. The molecule has 4 nitrogen and oxygen atoms in total. The van der Waals surface area contributed by atoms with Crippen LogP contribution in [0.15, 0.2) is 58.5 Å². The van der Waals surface area contributed by atoms with Gasteiger partial charge in [-0.3, -0.25) is 0 Å². The molecule has 0 unspecified atom stereocenters. The first kappa shape index (κ1) is 16.9. The quantitative estimate of drug-likeness (QED) is 0.846. The molecule has 0 aliphatic carbocycles. The Hall–Kier alpha value is -2.43. The zero-order valence-electron chi connectivity index (χ0n) is 11.4. The standard InChI is InChI=1S/C15H9ClF2N2O2S/c16-10-1-4-12(5-2-10)23(21,22)13(8-19)9-20-11-3-6-14(17)15(18)7-11/h1-7,9,20H/b13-9+. The maximum absolute atomic E-state index is 13.1.